The summed E-state index contributed by atoms with van der Waals surface area (Å²) in [6.07, 6.45) is 7.18. The zero-order valence-corrected chi connectivity index (χ0v) is 20.7. The van der Waals surface area contributed by atoms with E-state index in [1.807, 2.05) is 24.5 Å². The molecule has 1 aliphatic heterocycles. The average molecular weight is 487 g/mol. The molecule has 4 N–H and O–H groups in total. The Morgan fingerprint density at radius 2 is 1.89 bits per heavy atom. The fourth-order valence-electron chi connectivity index (χ4n) is 4.87. The number of carbonyl (C=O) groups is 1. The van der Waals surface area contributed by atoms with E-state index in [1.165, 1.54) is 16.1 Å². The number of hydrogen-bond acceptors (Lipinski definition) is 7. The Hall–Kier alpha value is -3.49. The predicted molar refractivity (Wildman–Crippen MR) is 143 cm³/mol. The normalized spacial score (nSPS) is 14.8. The molecular weight excluding hydrogens is 456 g/mol. The van der Waals surface area contributed by atoms with Gasteiger partial charge in [-0.3, -0.25) is 14.7 Å². The molecule has 0 atom stereocenters. The fraction of sp³-hybridized carbons (Fsp3) is 0.296. The minimum Gasteiger partial charge on any atom is -0.383 e. The van der Waals surface area contributed by atoms with Gasteiger partial charge < -0.3 is 16.4 Å². The van der Waals surface area contributed by atoms with Crippen LogP contribution in [0.5, 0.6) is 0 Å². The van der Waals surface area contributed by atoms with Crippen molar-refractivity contribution in [2.75, 3.05) is 36.8 Å². The molecule has 4 aromatic rings. The number of carbonyl (C=O) groups excluding carboxylic acids is 1. The highest BCUT2D eigenvalue weighted by atomic mass is 32.1. The number of nitrogen functional groups attached to an aromatic ring is 1. The lowest BCUT2D eigenvalue weighted by Gasteiger charge is -2.23. The Kier molecular flexibility index (Phi) is 6.66. The van der Waals surface area contributed by atoms with E-state index in [2.05, 4.69) is 51.0 Å². The summed E-state index contributed by atoms with van der Waals surface area (Å²) in [6.45, 7) is 6.96. The molecule has 4 heterocycles. The highest BCUT2D eigenvalue weighted by molar-refractivity contribution is 7.14. The van der Waals surface area contributed by atoms with E-state index in [1.54, 1.807) is 17.5 Å². The van der Waals surface area contributed by atoms with Crippen molar-refractivity contribution in [1.82, 2.24) is 14.9 Å². The average Bonchev–Trinajstić information content (AvgIpc) is 3.02. The van der Waals surface area contributed by atoms with Crippen molar-refractivity contribution in [2.24, 2.45) is 5.73 Å². The quantitative estimate of drug-likeness (QED) is 0.427. The van der Waals surface area contributed by atoms with Crippen molar-refractivity contribution in [1.29, 1.82) is 0 Å². The molecular formula is C27H30N6OS. The van der Waals surface area contributed by atoms with E-state index in [4.69, 9.17) is 11.5 Å². The molecule has 0 bridgehead atoms. The molecule has 8 heteroatoms. The van der Waals surface area contributed by atoms with Gasteiger partial charge in [0.05, 0.1) is 4.88 Å². The second-order valence-corrected chi connectivity index (χ2v) is 10.2. The lowest BCUT2D eigenvalue weighted by Crippen LogP contribution is -2.30. The number of aromatic nitrogens is 2. The Bertz CT molecular complexity index is 1350. The number of nitrogens with zero attached hydrogens (tertiary/aromatic N) is 4. The standard InChI is InChI=1S/C27H30N6OS/c1-18-23(16-19-3-4-22-20(15-19)5-10-31-26(22)28)25(27(29)34)35-24(18)17-32-11-2-12-33(14-13-32)21-6-8-30-9-7-21/h3-10,15H,2,11-14,16-17H2,1H3,(H2,28,31)(H2,29,34). The number of hydrogen-bond donors (Lipinski definition) is 2. The summed E-state index contributed by atoms with van der Waals surface area (Å²) in [7, 11) is 0. The van der Waals surface area contributed by atoms with E-state index in [0.29, 0.717) is 17.1 Å². The molecule has 0 aliphatic carbocycles. The maximum Gasteiger partial charge on any atom is 0.259 e. The van der Waals surface area contributed by atoms with Crippen LogP contribution in [0.3, 0.4) is 0 Å². The van der Waals surface area contributed by atoms with Crippen LogP contribution in [0, 0.1) is 6.92 Å². The van der Waals surface area contributed by atoms with E-state index >= 15 is 0 Å². The minimum absolute atomic E-state index is 0.353. The molecule has 0 spiro atoms. The number of pyridine rings is 2. The summed E-state index contributed by atoms with van der Waals surface area (Å²) in [5, 5.41) is 1.99. The highest BCUT2D eigenvalue weighted by Gasteiger charge is 2.22. The van der Waals surface area contributed by atoms with Crippen LogP contribution in [0.1, 0.15) is 37.7 Å². The van der Waals surface area contributed by atoms with Gasteiger partial charge in [-0.15, -0.1) is 11.3 Å². The number of fused-ring (bicyclic) bond motifs is 1. The Labute approximate surface area is 209 Å². The zero-order valence-electron chi connectivity index (χ0n) is 19.9. The Morgan fingerprint density at radius 3 is 2.69 bits per heavy atom. The first-order chi connectivity index (χ1) is 17.0. The molecule has 180 valence electrons. The number of thiophene rings is 1. The van der Waals surface area contributed by atoms with Crippen molar-refractivity contribution in [3.63, 3.8) is 0 Å². The lowest BCUT2D eigenvalue weighted by atomic mass is 9.98. The SMILES string of the molecule is Cc1c(CN2CCCN(c3ccncc3)CC2)sc(C(N)=O)c1Cc1ccc2c(N)nccc2c1. The van der Waals surface area contributed by atoms with Crippen LogP contribution in [0.4, 0.5) is 11.5 Å². The largest absolute Gasteiger partial charge is 0.383 e. The minimum atomic E-state index is -0.353. The third-order valence-corrected chi connectivity index (χ3v) is 8.15. The van der Waals surface area contributed by atoms with Gasteiger partial charge in [0.2, 0.25) is 0 Å². The van der Waals surface area contributed by atoms with Crippen LogP contribution in [-0.2, 0) is 13.0 Å². The van der Waals surface area contributed by atoms with Crippen LogP contribution in [0.15, 0.2) is 55.0 Å². The van der Waals surface area contributed by atoms with Gasteiger partial charge in [0, 0.05) is 67.3 Å². The third kappa shape index (κ3) is 4.99. The van der Waals surface area contributed by atoms with Gasteiger partial charge in [0.25, 0.3) is 5.91 Å². The number of rotatable bonds is 6. The van der Waals surface area contributed by atoms with Crippen LogP contribution in [0.2, 0.25) is 0 Å². The van der Waals surface area contributed by atoms with Gasteiger partial charge in [-0.25, -0.2) is 4.98 Å². The van der Waals surface area contributed by atoms with Gasteiger partial charge in [0.1, 0.15) is 5.82 Å². The second kappa shape index (κ2) is 10.0. The van der Waals surface area contributed by atoms with E-state index in [9.17, 15) is 4.79 Å². The van der Waals surface area contributed by atoms with Crippen molar-refractivity contribution in [3.8, 4) is 0 Å². The lowest BCUT2D eigenvalue weighted by molar-refractivity contribution is 0.100. The van der Waals surface area contributed by atoms with Crippen molar-refractivity contribution in [2.45, 2.75) is 26.3 Å². The molecule has 1 aliphatic rings. The summed E-state index contributed by atoms with van der Waals surface area (Å²) in [6, 6.07) is 12.3. The predicted octanol–water partition coefficient (Wildman–Crippen LogP) is 3.98. The number of anilines is 2. The van der Waals surface area contributed by atoms with E-state index < -0.39 is 0 Å². The first kappa shape index (κ1) is 23.3. The number of nitrogens with two attached hydrogens (primary N) is 2. The Balaban J connectivity index is 1.35. The first-order valence-corrected chi connectivity index (χ1v) is 12.7. The van der Waals surface area contributed by atoms with Crippen LogP contribution >= 0.6 is 11.3 Å². The molecule has 1 fully saturated rings. The topological polar surface area (TPSA) is 101 Å². The van der Waals surface area contributed by atoms with Crippen molar-refractivity contribution >= 4 is 39.5 Å². The number of primary amides is 1. The number of amides is 1. The highest BCUT2D eigenvalue weighted by Crippen LogP contribution is 2.32. The molecule has 7 nitrogen and oxygen atoms in total. The fourth-order valence-corrected chi connectivity index (χ4v) is 6.09. The third-order valence-electron chi connectivity index (χ3n) is 6.82. The van der Waals surface area contributed by atoms with Crippen molar-refractivity contribution in [3.05, 3.63) is 81.4 Å². The molecule has 1 saturated heterocycles. The summed E-state index contributed by atoms with van der Waals surface area (Å²) in [5.41, 5.74) is 16.4. The zero-order chi connectivity index (χ0) is 24.4. The molecule has 5 rings (SSSR count). The Morgan fingerprint density at radius 1 is 1.06 bits per heavy atom. The second-order valence-electron chi connectivity index (χ2n) is 9.07. The van der Waals surface area contributed by atoms with Crippen LogP contribution < -0.4 is 16.4 Å². The van der Waals surface area contributed by atoms with E-state index in [0.717, 1.165) is 61.0 Å². The smallest absolute Gasteiger partial charge is 0.259 e. The van der Waals surface area contributed by atoms with Gasteiger partial charge in [-0.2, -0.15) is 0 Å². The maximum absolute atomic E-state index is 12.4. The van der Waals surface area contributed by atoms with E-state index in [-0.39, 0.29) is 5.91 Å². The molecule has 1 aromatic carbocycles. The van der Waals surface area contributed by atoms with Crippen LogP contribution in [0.25, 0.3) is 10.8 Å². The van der Waals surface area contributed by atoms with Gasteiger partial charge in [-0.05, 0) is 60.0 Å². The van der Waals surface area contributed by atoms with Gasteiger partial charge >= 0.3 is 0 Å². The number of benzene rings is 1. The summed E-state index contributed by atoms with van der Waals surface area (Å²) in [4.78, 5) is 27.5. The monoisotopic (exact) mass is 486 g/mol. The summed E-state index contributed by atoms with van der Waals surface area (Å²) < 4.78 is 0. The van der Waals surface area contributed by atoms with Gasteiger partial charge in [0.15, 0.2) is 0 Å². The molecule has 0 unspecified atom stereocenters. The molecule has 0 radical (unpaired) electrons. The summed E-state index contributed by atoms with van der Waals surface area (Å²) >= 11 is 1.55. The molecule has 35 heavy (non-hydrogen) atoms. The molecule has 0 saturated carbocycles. The van der Waals surface area contributed by atoms with Crippen LogP contribution in [-0.4, -0.2) is 47.0 Å². The molecule has 1 amide bonds. The first-order valence-electron chi connectivity index (χ1n) is 11.9. The van der Waals surface area contributed by atoms with Gasteiger partial charge in [-0.1, -0.05) is 18.2 Å². The molecule has 3 aromatic heterocycles. The summed E-state index contributed by atoms with van der Waals surface area (Å²) in [5.74, 6) is 0.175. The van der Waals surface area contributed by atoms with Crippen molar-refractivity contribution < 1.29 is 4.79 Å². The maximum atomic E-state index is 12.4.